The Labute approximate surface area is 198 Å². The molecule has 1 amide bonds. The van der Waals surface area contributed by atoms with Gasteiger partial charge in [0.05, 0.1) is 5.71 Å². The Morgan fingerprint density at radius 1 is 0.941 bits per heavy atom. The monoisotopic (exact) mass is 457 g/mol. The lowest BCUT2D eigenvalue weighted by Gasteiger charge is -2.35. The van der Waals surface area contributed by atoms with E-state index in [1.54, 1.807) is 29.3 Å². The number of nitrogens with one attached hydrogen (secondary N) is 1. The topological polar surface area (TPSA) is 72.4 Å². The third-order valence-electron chi connectivity index (χ3n) is 6.15. The number of rotatable bonds is 5. The highest BCUT2D eigenvalue weighted by Crippen LogP contribution is 2.36. The molecule has 2 aliphatic heterocycles. The van der Waals surface area contributed by atoms with E-state index in [1.165, 1.54) is 5.56 Å². The molecule has 0 atom stereocenters. The number of carbonyl (C=O) groups is 1. The first-order valence-corrected chi connectivity index (χ1v) is 11.5. The van der Waals surface area contributed by atoms with E-state index in [-0.39, 0.29) is 5.60 Å². The zero-order valence-electron chi connectivity index (χ0n) is 19.1. The molecular formula is C27H27N3O4. The van der Waals surface area contributed by atoms with Gasteiger partial charge in [0.15, 0.2) is 0 Å². The van der Waals surface area contributed by atoms with E-state index in [9.17, 15) is 4.79 Å². The molecule has 174 valence electrons. The van der Waals surface area contributed by atoms with Crippen molar-refractivity contribution in [1.29, 1.82) is 0 Å². The highest BCUT2D eigenvalue weighted by atomic mass is 16.7. The lowest BCUT2D eigenvalue weighted by molar-refractivity contribution is -0.154. The second-order valence-electron chi connectivity index (χ2n) is 8.73. The smallest absolute Gasteiger partial charge is 0.430 e. The number of ether oxygens (including phenoxy) is 1. The van der Waals surface area contributed by atoms with Gasteiger partial charge in [-0.25, -0.2) is 4.79 Å². The van der Waals surface area contributed by atoms with E-state index in [1.807, 2.05) is 30.3 Å². The SMILES string of the molecule is Cc1ccc(C2=NOC3(CCN(OC(=O)Nc4ccc(Oc5ccccc5)cc4)CC3)C2)cc1. The van der Waals surface area contributed by atoms with E-state index in [0.717, 1.165) is 36.3 Å². The van der Waals surface area contributed by atoms with E-state index in [4.69, 9.17) is 14.4 Å². The standard InChI is InChI=1S/C27H27N3O4/c1-20-7-9-21(10-8-20)25-19-27(34-29-25)15-17-30(18-16-27)33-26(31)28-22-11-13-24(14-12-22)32-23-5-3-2-4-6-23/h2-14H,15-19H2,1H3,(H,28,31). The van der Waals surface area contributed by atoms with Crippen LogP contribution in [0.5, 0.6) is 11.5 Å². The molecule has 7 heteroatoms. The Kier molecular flexibility index (Phi) is 6.18. The van der Waals surface area contributed by atoms with Crippen LogP contribution in [0.3, 0.4) is 0 Å². The average molecular weight is 458 g/mol. The van der Waals surface area contributed by atoms with Crippen LogP contribution in [-0.2, 0) is 9.68 Å². The molecule has 2 aliphatic rings. The van der Waals surface area contributed by atoms with Gasteiger partial charge in [-0.1, -0.05) is 53.2 Å². The maximum atomic E-state index is 12.4. The number of anilines is 1. The fourth-order valence-corrected chi connectivity index (χ4v) is 4.16. The van der Waals surface area contributed by atoms with Crippen LogP contribution in [0, 0.1) is 6.92 Å². The molecule has 5 rings (SSSR count). The van der Waals surface area contributed by atoms with Crippen molar-refractivity contribution < 1.29 is 19.2 Å². The van der Waals surface area contributed by atoms with Crippen LogP contribution in [0.4, 0.5) is 10.5 Å². The minimum atomic E-state index is -0.517. The fraction of sp³-hybridized carbons (Fsp3) is 0.259. The normalized spacial score (nSPS) is 17.0. The van der Waals surface area contributed by atoms with Gasteiger partial charge in [-0.15, -0.1) is 5.06 Å². The van der Waals surface area contributed by atoms with Gasteiger partial charge in [-0.3, -0.25) is 5.32 Å². The Morgan fingerprint density at radius 2 is 1.62 bits per heavy atom. The van der Waals surface area contributed by atoms with Gasteiger partial charge in [-0.2, -0.15) is 0 Å². The molecule has 1 saturated heterocycles. The van der Waals surface area contributed by atoms with Crippen LogP contribution in [0.15, 0.2) is 84.0 Å². The maximum Gasteiger partial charge on any atom is 0.430 e. The number of hydrogen-bond donors (Lipinski definition) is 1. The molecule has 0 aromatic heterocycles. The molecule has 34 heavy (non-hydrogen) atoms. The number of nitrogens with zero attached hydrogens (tertiary/aromatic N) is 2. The quantitative estimate of drug-likeness (QED) is 0.516. The zero-order chi connectivity index (χ0) is 23.4. The first kappa shape index (κ1) is 22.0. The Hall–Kier alpha value is -3.84. The number of amides is 1. The third-order valence-corrected chi connectivity index (χ3v) is 6.15. The molecule has 0 bridgehead atoms. The Morgan fingerprint density at radius 3 is 2.32 bits per heavy atom. The third kappa shape index (κ3) is 5.21. The molecule has 0 saturated carbocycles. The second-order valence-corrected chi connectivity index (χ2v) is 8.73. The summed E-state index contributed by atoms with van der Waals surface area (Å²) in [7, 11) is 0. The highest BCUT2D eigenvalue weighted by Gasteiger charge is 2.43. The van der Waals surface area contributed by atoms with Gasteiger partial charge < -0.3 is 14.4 Å². The molecule has 2 heterocycles. The molecule has 0 aliphatic carbocycles. The van der Waals surface area contributed by atoms with Crippen LogP contribution < -0.4 is 10.1 Å². The second kappa shape index (κ2) is 9.57. The van der Waals surface area contributed by atoms with Gasteiger partial charge >= 0.3 is 6.09 Å². The van der Waals surface area contributed by atoms with Crippen LogP contribution >= 0.6 is 0 Å². The van der Waals surface area contributed by atoms with Crippen LogP contribution in [0.25, 0.3) is 0 Å². The van der Waals surface area contributed by atoms with Crippen molar-refractivity contribution in [3.63, 3.8) is 0 Å². The van der Waals surface area contributed by atoms with Crippen molar-refractivity contribution in [1.82, 2.24) is 5.06 Å². The number of oxime groups is 1. The minimum Gasteiger partial charge on any atom is -0.457 e. The number of carbonyl (C=O) groups excluding carboxylic acids is 1. The molecular weight excluding hydrogens is 430 g/mol. The molecule has 7 nitrogen and oxygen atoms in total. The van der Waals surface area contributed by atoms with Crippen molar-refractivity contribution >= 4 is 17.5 Å². The van der Waals surface area contributed by atoms with Crippen LogP contribution in [0.2, 0.25) is 0 Å². The summed E-state index contributed by atoms with van der Waals surface area (Å²) in [6.07, 6.45) is 1.74. The first-order valence-electron chi connectivity index (χ1n) is 11.5. The summed E-state index contributed by atoms with van der Waals surface area (Å²) in [6, 6.07) is 25.0. The molecule has 1 N–H and O–H groups in total. The van der Waals surface area contributed by atoms with E-state index in [2.05, 4.69) is 41.7 Å². The van der Waals surface area contributed by atoms with Crippen molar-refractivity contribution in [3.05, 3.63) is 90.0 Å². The number of aryl methyl sites for hydroxylation is 1. The zero-order valence-corrected chi connectivity index (χ0v) is 19.1. The largest absolute Gasteiger partial charge is 0.457 e. The van der Waals surface area contributed by atoms with E-state index < -0.39 is 6.09 Å². The number of para-hydroxylation sites is 1. The summed E-state index contributed by atoms with van der Waals surface area (Å²) in [6.45, 7) is 3.25. The minimum absolute atomic E-state index is 0.314. The average Bonchev–Trinajstić information content (AvgIpc) is 3.27. The van der Waals surface area contributed by atoms with Gasteiger partial charge in [0.25, 0.3) is 0 Å². The molecule has 0 radical (unpaired) electrons. The lowest BCUT2D eigenvalue weighted by Crippen LogP contribution is -2.45. The first-order chi connectivity index (χ1) is 16.6. The summed E-state index contributed by atoms with van der Waals surface area (Å²) in [5.74, 6) is 1.45. The van der Waals surface area contributed by atoms with E-state index in [0.29, 0.717) is 24.5 Å². The van der Waals surface area contributed by atoms with Crippen molar-refractivity contribution in [2.75, 3.05) is 18.4 Å². The summed E-state index contributed by atoms with van der Waals surface area (Å²) >= 11 is 0. The van der Waals surface area contributed by atoms with Crippen molar-refractivity contribution in [2.45, 2.75) is 31.8 Å². The Balaban J connectivity index is 1.08. The Bertz CT molecular complexity index is 1150. The molecule has 3 aromatic rings. The van der Waals surface area contributed by atoms with Gasteiger partial charge in [0.1, 0.15) is 17.1 Å². The fourth-order valence-electron chi connectivity index (χ4n) is 4.16. The lowest BCUT2D eigenvalue weighted by atomic mass is 9.86. The number of piperidine rings is 1. The van der Waals surface area contributed by atoms with Gasteiger partial charge in [0.2, 0.25) is 0 Å². The van der Waals surface area contributed by atoms with Crippen molar-refractivity contribution in [2.24, 2.45) is 5.16 Å². The van der Waals surface area contributed by atoms with Gasteiger partial charge in [-0.05, 0) is 48.9 Å². The summed E-state index contributed by atoms with van der Waals surface area (Å²) in [5, 5.41) is 8.80. The number of hydroxylamine groups is 2. The van der Waals surface area contributed by atoms with Crippen LogP contribution in [-0.4, -0.2) is 35.6 Å². The molecule has 3 aromatic carbocycles. The number of hydrogen-bond acceptors (Lipinski definition) is 6. The highest BCUT2D eigenvalue weighted by molar-refractivity contribution is 6.01. The molecule has 1 spiro atoms. The van der Waals surface area contributed by atoms with Gasteiger partial charge in [0, 0.05) is 38.0 Å². The summed E-state index contributed by atoms with van der Waals surface area (Å²) < 4.78 is 5.77. The van der Waals surface area contributed by atoms with Crippen LogP contribution in [0.1, 0.15) is 30.4 Å². The van der Waals surface area contributed by atoms with Crippen molar-refractivity contribution in [3.8, 4) is 11.5 Å². The summed E-state index contributed by atoms with van der Waals surface area (Å²) in [5.41, 5.74) is 3.62. The predicted octanol–water partition coefficient (Wildman–Crippen LogP) is 5.91. The molecule has 0 unspecified atom stereocenters. The number of benzene rings is 3. The predicted molar refractivity (Wildman–Crippen MR) is 130 cm³/mol. The summed E-state index contributed by atoms with van der Waals surface area (Å²) in [4.78, 5) is 23.8. The maximum absolute atomic E-state index is 12.4. The van der Waals surface area contributed by atoms with E-state index >= 15 is 0 Å². The molecule has 1 fully saturated rings.